The van der Waals surface area contributed by atoms with Crippen LogP contribution in [0.5, 0.6) is 0 Å². The van der Waals surface area contributed by atoms with Gasteiger partial charge in [0.25, 0.3) is 0 Å². The molecule has 0 saturated carbocycles. The SMILES string of the molecule is CCCCCCC(=O)OC(CCN)NCCN. The normalized spacial score (nSPS) is 12.4. The Labute approximate surface area is 104 Å². The van der Waals surface area contributed by atoms with E-state index < -0.39 is 0 Å². The second-order valence-corrected chi connectivity index (χ2v) is 4.11. The Morgan fingerprint density at radius 3 is 2.59 bits per heavy atom. The van der Waals surface area contributed by atoms with E-state index in [-0.39, 0.29) is 12.2 Å². The molecule has 102 valence electrons. The van der Waals surface area contributed by atoms with Crippen molar-refractivity contribution in [3.63, 3.8) is 0 Å². The minimum absolute atomic E-state index is 0.149. The zero-order valence-corrected chi connectivity index (χ0v) is 10.9. The van der Waals surface area contributed by atoms with E-state index in [1.807, 2.05) is 0 Å². The Kier molecular flexibility index (Phi) is 11.4. The maximum atomic E-state index is 11.5. The zero-order chi connectivity index (χ0) is 12.9. The van der Waals surface area contributed by atoms with Crippen molar-refractivity contribution in [3.8, 4) is 0 Å². The predicted octanol–water partition coefficient (Wildman–Crippen LogP) is 0.723. The van der Waals surface area contributed by atoms with Gasteiger partial charge in [-0.25, -0.2) is 0 Å². The summed E-state index contributed by atoms with van der Waals surface area (Å²) in [6.45, 7) is 3.79. The van der Waals surface area contributed by atoms with Gasteiger partial charge in [0.2, 0.25) is 0 Å². The molecule has 0 rings (SSSR count). The average Bonchev–Trinajstić information content (AvgIpc) is 2.32. The van der Waals surface area contributed by atoms with Gasteiger partial charge < -0.3 is 16.2 Å². The van der Waals surface area contributed by atoms with E-state index in [1.54, 1.807) is 0 Å². The summed E-state index contributed by atoms with van der Waals surface area (Å²) in [5.74, 6) is -0.149. The highest BCUT2D eigenvalue weighted by atomic mass is 16.6. The quantitative estimate of drug-likeness (QED) is 0.283. The van der Waals surface area contributed by atoms with Crippen LogP contribution in [0.4, 0.5) is 0 Å². The first-order chi connectivity index (χ1) is 8.24. The Balaban J connectivity index is 3.70. The van der Waals surface area contributed by atoms with Crippen molar-refractivity contribution in [1.29, 1.82) is 0 Å². The molecule has 0 aliphatic rings. The largest absolute Gasteiger partial charge is 0.447 e. The molecule has 0 saturated heterocycles. The number of ether oxygens (including phenoxy) is 1. The summed E-state index contributed by atoms with van der Waals surface area (Å²) in [7, 11) is 0. The number of carbonyl (C=O) groups excluding carboxylic acids is 1. The van der Waals surface area contributed by atoms with Crippen molar-refractivity contribution in [2.24, 2.45) is 11.5 Å². The van der Waals surface area contributed by atoms with Gasteiger partial charge in [0.1, 0.15) is 0 Å². The topological polar surface area (TPSA) is 90.4 Å². The van der Waals surface area contributed by atoms with Gasteiger partial charge in [0.05, 0.1) is 0 Å². The van der Waals surface area contributed by atoms with E-state index >= 15 is 0 Å². The molecule has 0 fully saturated rings. The fourth-order valence-corrected chi connectivity index (χ4v) is 1.51. The summed E-state index contributed by atoms with van der Waals surface area (Å²) < 4.78 is 5.29. The molecule has 5 N–H and O–H groups in total. The summed E-state index contributed by atoms with van der Waals surface area (Å²) in [6, 6.07) is 0. The minimum atomic E-state index is -0.290. The first-order valence-electron chi connectivity index (χ1n) is 6.57. The first kappa shape index (κ1) is 16.4. The standard InChI is InChI=1S/C12H27N3O2/c1-2-3-4-5-6-12(16)17-11(7-8-13)15-10-9-14/h11,15H,2-10,13-14H2,1H3. The number of esters is 1. The molecule has 0 heterocycles. The summed E-state index contributed by atoms with van der Waals surface area (Å²) in [5.41, 5.74) is 10.8. The van der Waals surface area contributed by atoms with Crippen LogP contribution in [-0.4, -0.2) is 31.8 Å². The van der Waals surface area contributed by atoms with E-state index in [0.717, 1.165) is 12.8 Å². The second kappa shape index (κ2) is 11.8. The maximum absolute atomic E-state index is 11.5. The molecule has 17 heavy (non-hydrogen) atoms. The Hall–Kier alpha value is -0.650. The third-order valence-electron chi connectivity index (χ3n) is 2.45. The van der Waals surface area contributed by atoms with Crippen molar-refractivity contribution in [1.82, 2.24) is 5.32 Å². The van der Waals surface area contributed by atoms with Gasteiger partial charge in [0, 0.05) is 25.9 Å². The van der Waals surface area contributed by atoms with Crippen LogP contribution < -0.4 is 16.8 Å². The third kappa shape index (κ3) is 10.2. The molecule has 0 aliphatic carbocycles. The van der Waals surface area contributed by atoms with E-state index in [1.165, 1.54) is 12.8 Å². The third-order valence-corrected chi connectivity index (χ3v) is 2.45. The molecule has 0 radical (unpaired) electrons. The molecule has 0 spiro atoms. The molecule has 0 aromatic rings. The monoisotopic (exact) mass is 245 g/mol. The smallest absolute Gasteiger partial charge is 0.307 e. The van der Waals surface area contributed by atoms with E-state index in [4.69, 9.17) is 16.2 Å². The van der Waals surface area contributed by atoms with E-state index in [2.05, 4.69) is 12.2 Å². The number of nitrogens with two attached hydrogens (primary N) is 2. The lowest BCUT2D eigenvalue weighted by Gasteiger charge is -2.18. The summed E-state index contributed by atoms with van der Waals surface area (Å²) >= 11 is 0. The van der Waals surface area contributed by atoms with Crippen LogP contribution in [0.1, 0.15) is 45.4 Å². The molecule has 0 bridgehead atoms. The summed E-state index contributed by atoms with van der Waals surface area (Å²) in [5, 5.41) is 3.05. The Morgan fingerprint density at radius 2 is 2.00 bits per heavy atom. The lowest BCUT2D eigenvalue weighted by molar-refractivity contribution is -0.151. The Bertz CT molecular complexity index is 189. The maximum Gasteiger partial charge on any atom is 0.307 e. The number of unbranched alkanes of at least 4 members (excludes halogenated alkanes) is 3. The van der Waals surface area contributed by atoms with E-state index in [9.17, 15) is 4.79 Å². The van der Waals surface area contributed by atoms with Crippen molar-refractivity contribution in [2.45, 2.75) is 51.7 Å². The van der Waals surface area contributed by atoms with Crippen LogP contribution in [0.2, 0.25) is 0 Å². The van der Waals surface area contributed by atoms with Crippen molar-refractivity contribution >= 4 is 5.97 Å². The highest BCUT2D eigenvalue weighted by Crippen LogP contribution is 2.05. The van der Waals surface area contributed by atoms with Crippen LogP contribution >= 0.6 is 0 Å². The highest BCUT2D eigenvalue weighted by molar-refractivity contribution is 5.69. The molecule has 5 heteroatoms. The fraction of sp³-hybridized carbons (Fsp3) is 0.917. The van der Waals surface area contributed by atoms with Crippen LogP contribution in [0.15, 0.2) is 0 Å². The van der Waals surface area contributed by atoms with Gasteiger partial charge >= 0.3 is 5.97 Å². The van der Waals surface area contributed by atoms with Crippen molar-refractivity contribution in [2.75, 3.05) is 19.6 Å². The fourth-order valence-electron chi connectivity index (χ4n) is 1.51. The molecule has 1 unspecified atom stereocenters. The number of hydrogen-bond donors (Lipinski definition) is 3. The number of carbonyl (C=O) groups is 1. The summed E-state index contributed by atoms with van der Waals surface area (Å²) in [4.78, 5) is 11.5. The number of nitrogens with one attached hydrogen (secondary N) is 1. The first-order valence-corrected chi connectivity index (χ1v) is 6.57. The van der Waals surface area contributed by atoms with Crippen LogP contribution in [0.3, 0.4) is 0 Å². The van der Waals surface area contributed by atoms with Gasteiger partial charge in [0.15, 0.2) is 6.23 Å². The highest BCUT2D eigenvalue weighted by Gasteiger charge is 2.12. The molecule has 5 nitrogen and oxygen atoms in total. The van der Waals surface area contributed by atoms with Crippen LogP contribution in [0.25, 0.3) is 0 Å². The average molecular weight is 245 g/mol. The minimum Gasteiger partial charge on any atom is -0.447 e. The molecular formula is C12H27N3O2. The van der Waals surface area contributed by atoms with Crippen molar-refractivity contribution < 1.29 is 9.53 Å². The van der Waals surface area contributed by atoms with Gasteiger partial charge in [-0.3, -0.25) is 10.1 Å². The van der Waals surface area contributed by atoms with Crippen LogP contribution in [-0.2, 0) is 9.53 Å². The number of rotatable bonds is 11. The molecule has 0 amide bonds. The van der Waals surface area contributed by atoms with Gasteiger partial charge in [-0.1, -0.05) is 26.2 Å². The van der Waals surface area contributed by atoms with Gasteiger partial charge in [-0.05, 0) is 13.0 Å². The lowest BCUT2D eigenvalue weighted by atomic mass is 10.1. The lowest BCUT2D eigenvalue weighted by Crippen LogP contribution is -2.38. The molecule has 1 atom stereocenters. The predicted molar refractivity (Wildman–Crippen MR) is 69.4 cm³/mol. The molecular weight excluding hydrogens is 218 g/mol. The molecule has 0 aliphatic heterocycles. The second-order valence-electron chi connectivity index (χ2n) is 4.11. The Morgan fingerprint density at radius 1 is 1.24 bits per heavy atom. The van der Waals surface area contributed by atoms with Gasteiger partial charge in [-0.2, -0.15) is 0 Å². The van der Waals surface area contributed by atoms with Crippen molar-refractivity contribution in [3.05, 3.63) is 0 Å². The summed E-state index contributed by atoms with van der Waals surface area (Å²) in [6.07, 6.45) is 5.16. The van der Waals surface area contributed by atoms with Crippen LogP contribution in [0, 0.1) is 0 Å². The van der Waals surface area contributed by atoms with Gasteiger partial charge in [-0.15, -0.1) is 0 Å². The molecule has 0 aromatic carbocycles. The van der Waals surface area contributed by atoms with E-state index in [0.29, 0.717) is 32.5 Å². The number of hydrogen-bond acceptors (Lipinski definition) is 5. The zero-order valence-electron chi connectivity index (χ0n) is 10.9. The molecule has 0 aromatic heterocycles.